The van der Waals surface area contributed by atoms with Crippen molar-refractivity contribution in [2.75, 3.05) is 16.8 Å². The fourth-order valence-corrected chi connectivity index (χ4v) is 3.33. The Morgan fingerprint density at radius 1 is 1.04 bits per heavy atom. The normalized spacial score (nSPS) is 13.0. The number of benzene rings is 2. The fraction of sp³-hybridized carbons (Fsp3) is 0.182. The average molecular weight is 372 g/mol. The minimum Gasteiger partial charge on any atom is -0.321 e. The third-order valence-corrected chi connectivity index (χ3v) is 4.78. The van der Waals surface area contributed by atoms with E-state index in [2.05, 4.69) is 32.3 Å². The van der Waals surface area contributed by atoms with Crippen LogP contribution in [0.2, 0.25) is 0 Å². The van der Waals surface area contributed by atoms with Gasteiger partial charge in [0.25, 0.3) is 5.91 Å². The molecule has 140 valence electrons. The summed E-state index contributed by atoms with van der Waals surface area (Å²) < 4.78 is 0. The van der Waals surface area contributed by atoms with Gasteiger partial charge in [0.1, 0.15) is 5.69 Å². The van der Waals surface area contributed by atoms with Crippen LogP contribution in [0, 0.1) is 0 Å². The van der Waals surface area contributed by atoms with E-state index in [-0.39, 0.29) is 11.7 Å². The first kappa shape index (κ1) is 17.9. The molecule has 0 saturated heterocycles. The van der Waals surface area contributed by atoms with Crippen LogP contribution in [0.4, 0.5) is 17.3 Å². The van der Waals surface area contributed by atoms with E-state index in [1.807, 2.05) is 12.1 Å². The lowest BCUT2D eigenvalue weighted by Crippen LogP contribution is -2.27. The highest BCUT2D eigenvalue weighted by Crippen LogP contribution is 2.31. The number of para-hydroxylation sites is 1. The number of amides is 1. The standard InChI is InChI=1S/C22H20N4O2/c1-15(27)16-8-10-18(11-9-16)24-21(28)19-12-13-23-22(25-19)26-14-4-6-17-5-2-3-7-20(17)26/h2-3,5,7-13H,4,6,14H2,1H3,(H,24,28). The van der Waals surface area contributed by atoms with E-state index in [0.29, 0.717) is 22.9 Å². The molecule has 0 radical (unpaired) electrons. The number of hydrogen-bond donors (Lipinski definition) is 1. The molecule has 0 aliphatic carbocycles. The molecule has 3 aromatic rings. The van der Waals surface area contributed by atoms with E-state index in [1.54, 1.807) is 36.5 Å². The molecular formula is C22H20N4O2. The Hall–Kier alpha value is -3.54. The molecule has 0 bridgehead atoms. The zero-order valence-electron chi connectivity index (χ0n) is 15.6. The van der Waals surface area contributed by atoms with Crippen molar-refractivity contribution in [2.24, 2.45) is 0 Å². The van der Waals surface area contributed by atoms with Gasteiger partial charge in [-0.05, 0) is 61.7 Å². The molecule has 6 nitrogen and oxygen atoms in total. The zero-order chi connectivity index (χ0) is 19.5. The maximum absolute atomic E-state index is 12.6. The molecule has 2 aromatic carbocycles. The van der Waals surface area contributed by atoms with Crippen LogP contribution in [0.5, 0.6) is 0 Å². The third-order valence-electron chi connectivity index (χ3n) is 4.78. The number of Topliss-reactive ketones (excluding diaryl/α,β-unsaturated/α-hetero) is 1. The van der Waals surface area contributed by atoms with Crippen LogP contribution in [-0.2, 0) is 6.42 Å². The van der Waals surface area contributed by atoms with Gasteiger partial charge in [-0.2, -0.15) is 0 Å². The molecule has 0 unspecified atom stereocenters. The summed E-state index contributed by atoms with van der Waals surface area (Å²) in [7, 11) is 0. The summed E-state index contributed by atoms with van der Waals surface area (Å²) >= 11 is 0. The van der Waals surface area contributed by atoms with Crippen LogP contribution in [0.25, 0.3) is 0 Å². The Morgan fingerprint density at radius 3 is 2.61 bits per heavy atom. The zero-order valence-corrected chi connectivity index (χ0v) is 15.6. The van der Waals surface area contributed by atoms with Crippen molar-refractivity contribution in [3.05, 3.63) is 77.6 Å². The molecule has 28 heavy (non-hydrogen) atoms. The lowest BCUT2D eigenvalue weighted by molar-refractivity contribution is 0.101. The predicted octanol–water partition coefficient (Wildman–Crippen LogP) is 4.02. The van der Waals surface area contributed by atoms with E-state index in [0.717, 1.165) is 25.1 Å². The van der Waals surface area contributed by atoms with Gasteiger partial charge in [0.05, 0.1) is 0 Å². The molecule has 0 spiro atoms. The molecule has 1 aromatic heterocycles. The third kappa shape index (κ3) is 3.62. The molecular weight excluding hydrogens is 352 g/mol. The Kier molecular flexibility index (Phi) is 4.85. The summed E-state index contributed by atoms with van der Waals surface area (Å²) in [4.78, 5) is 34.9. The Balaban J connectivity index is 1.56. The van der Waals surface area contributed by atoms with Crippen LogP contribution in [0.15, 0.2) is 60.8 Å². The first-order chi connectivity index (χ1) is 13.6. The van der Waals surface area contributed by atoms with Crippen LogP contribution in [-0.4, -0.2) is 28.2 Å². The molecule has 1 amide bonds. The van der Waals surface area contributed by atoms with Crippen molar-refractivity contribution >= 4 is 29.0 Å². The van der Waals surface area contributed by atoms with Gasteiger partial charge in [-0.15, -0.1) is 0 Å². The monoisotopic (exact) mass is 372 g/mol. The molecule has 6 heteroatoms. The van der Waals surface area contributed by atoms with Gasteiger partial charge < -0.3 is 10.2 Å². The number of carbonyl (C=O) groups excluding carboxylic acids is 2. The summed E-state index contributed by atoms with van der Waals surface area (Å²) in [5.41, 5.74) is 3.86. The molecule has 2 heterocycles. The number of fused-ring (bicyclic) bond motifs is 1. The van der Waals surface area contributed by atoms with Crippen molar-refractivity contribution < 1.29 is 9.59 Å². The lowest BCUT2D eigenvalue weighted by atomic mass is 10.0. The molecule has 1 aliphatic heterocycles. The Bertz CT molecular complexity index is 1030. The first-order valence-corrected chi connectivity index (χ1v) is 9.22. The summed E-state index contributed by atoms with van der Waals surface area (Å²) in [5.74, 6) is 0.191. The number of rotatable bonds is 4. The van der Waals surface area contributed by atoms with Crippen LogP contribution < -0.4 is 10.2 Å². The van der Waals surface area contributed by atoms with E-state index in [9.17, 15) is 9.59 Å². The SMILES string of the molecule is CC(=O)c1ccc(NC(=O)c2ccnc(N3CCCc4ccccc43)n2)cc1. The second-order valence-corrected chi connectivity index (χ2v) is 6.71. The van der Waals surface area contributed by atoms with Crippen molar-refractivity contribution in [2.45, 2.75) is 19.8 Å². The molecule has 0 saturated carbocycles. The van der Waals surface area contributed by atoms with E-state index in [4.69, 9.17) is 0 Å². The topological polar surface area (TPSA) is 75.2 Å². The predicted molar refractivity (Wildman–Crippen MR) is 108 cm³/mol. The van der Waals surface area contributed by atoms with Crippen molar-refractivity contribution in [1.82, 2.24) is 9.97 Å². The molecule has 0 fully saturated rings. The van der Waals surface area contributed by atoms with Crippen LogP contribution >= 0.6 is 0 Å². The second kappa shape index (κ2) is 7.60. The molecule has 1 aliphatic rings. The molecule has 4 rings (SSSR count). The van der Waals surface area contributed by atoms with E-state index >= 15 is 0 Å². The van der Waals surface area contributed by atoms with E-state index in [1.165, 1.54) is 12.5 Å². The number of ketones is 1. The summed E-state index contributed by atoms with van der Waals surface area (Å²) in [5, 5.41) is 2.81. The van der Waals surface area contributed by atoms with Crippen molar-refractivity contribution in [3.8, 4) is 0 Å². The molecule has 1 N–H and O–H groups in total. The number of nitrogens with zero attached hydrogens (tertiary/aromatic N) is 3. The van der Waals surface area contributed by atoms with Gasteiger partial charge in [-0.1, -0.05) is 18.2 Å². The quantitative estimate of drug-likeness (QED) is 0.700. The summed E-state index contributed by atoms with van der Waals surface area (Å²) in [6, 6.07) is 16.6. The maximum atomic E-state index is 12.6. The highest BCUT2D eigenvalue weighted by Gasteiger charge is 2.21. The Morgan fingerprint density at radius 2 is 1.82 bits per heavy atom. The highest BCUT2D eigenvalue weighted by atomic mass is 16.2. The summed E-state index contributed by atoms with van der Waals surface area (Å²) in [6.45, 7) is 2.32. The van der Waals surface area contributed by atoms with E-state index < -0.39 is 0 Å². The molecule has 0 atom stereocenters. The second-order valence-electron chi connectivity index (χ2n) is 6.71. The number of aromatic nitrogens is 2. The largest absolute Gasteiger partial charge is 0.321 e. The van der Waals surface area contributed by atoms with Gasteiger partial charge in [0, 0.05) is 29.7 Å². The first-order valence-electron chi connectivity index (χ1n) is 9.22. The Labute approximate surface area is 163 Å². The number of anilines is 3. The van der Waals surface area contributed by atoms with Crippen LogP contribution in [0.1, 0.15) is 39.8 Å². The van der Waals surface area contributed by atoms with Crippen molar-refractivity contribution in [3.63, 3.8) is 0 Å². The highest BCUT2D eigenvalue weighted by molar-refractivity contribution is 6.03. The number of nitrogens with one attached hydrogen (secondary N) is 1. The number of hydrogen-bond acceptors (Lipinski definition) is 5. The van der Waals surface area contributed by atoms with Crippen molar-refractivity contribution in [1.29, 1.82) is 0 Å². The van der Waals surface area contributed by atoms with Gasteiger partial charge in [0.15, 0.2) is 5.78 Å². The smallest absolute Gasteiger partial charge is 0.274 e. The number of aryl methyl sites for hydroxylation is 1. The van der Waals surface area contributed by atoms with Gasteiger partial charge in [-0.3, -0.25) is 9.59 Å². The lowest BCUT2D eigenvalue weighted by Gasteiger charge is -2.29. The van der Waals surface area contributed by atoms with Gasteiger partial charge in [-0.25, -0.2) is 9.97 Å². The minimum atomic E-state index is -0.315. The summed E-state index contributed by atoms with van der Waals surface area (Å²) in [6.07, 6.45) is 3.65. The maximum Gasteiger partial charge on any atom is 0.274 e. The minimum absolute atomic E-state index is 0.0138. The van der Waals surface area contributed by atoms with Gasteiger partial charge >= 0.3 is 0 Å². The fourth-order valence-electron chi connectivity index (χ4n) is 3.33. The van der Waals surface area contributed by atoms with Crippen LogP contribution in [0.3, 0.4) is 0 Å². The van der Waals surface area contributed by atoms with Gasteiger partial charge in [0.2, 0.25) is 5.95 Å². The number of carbonyl (C=O) groups is 2. The average Bonchev–Trinajstić information content (AvgIpc) is 2.74.